The molecule has 3 atom stereocenters. The Morgan fingerprint density at radius 1 is 0.356 bits per heavy atom. The van der Waals surface area contributed by atoms with E-state index in [1.807, 2.05) is 21.1 Å². The lowest BCUT2D eigenvalue weighted by Crippen LogP contribution is -2.46. The first-order valence-electron chi connectivity index (χ1n) is 39.9. The summed E-state index contributed by atoms with van der Waals surface area (Å²) in [7, 11) is 1.34. The number of phosphoric ester groups is 1. The Bertz CT molecular complexity index is 1380. The zero-order chi connectivity index (χ0) is 63.4. The fraction of sp³-hybridized carbons (Fsp3) is 0.987. The van der Waals surface area contributed by atoms with Crippen LogP contribution in [0, 0.1) is 0 Å². The average Bonchev–Trinajstić information content (AvgIpc) is 3.71. The van der Waals surface area contributed by atoms with Crippen LogP contribution in [0.25, 0.3) is 0 Å². The molecular formula is C78H159N2O6P. The summed E-state index contributed by atoms with van der Waals surface area (Å²) in [5, 5.41) is 14.2. The molecule has 0 fully saturated rings. The number of rotatable bonds is 76. The number of aliphatic hydroxyl groups is 1. The molecule has 0 saturated heterocycles. The van der Waals surface area contributed by atoms with Gasteiger partial charge < -0.3 is 28.8 Å². The van der Waals surface area contributed by atoms with Gasteiger partial charge in [0.15, 0.2) is 0 Å². The maximum atomic E-state index is 13.1. The highest BCUT2D eigenvalue weighted by molar-refractivity contribution is 7.45. The fourth-order valence-electron chi connectivity index (χ4n) is 12.9. The van der Waals surface area contributed by atoms with Crippen molar-refractivity contribution in [3.63, 3.8) is 0 Å². The predicted octanol–water partition coefficient (Wildman–Crippen LogP) is 25.2. The number of amides is 1. The van der Waals surface area contributed by atoms with Gasteiger partial charge in [-0.15, -0.1) is 0 Å². The maximum Gasteiger partial charge on any atom is 0.268 e. The van der Waals surface area contributed by atoms with Crippen molar-refractivity contribution in [1.29, 1.82) is 0 Å². The highest BCUT2D eigenvalue weighted by Gasteiger charge is 2.24. The first kappa shape index (κ1) is 86.5. The smallest absolute Gasteiger partial charge is 0.268 e. The van der Waals surface area contributed by atoms with Crippen LogP contribution in [-0.2, 0) is 18.4 Å². The van der Waals surface area contributed by atoms with Gasteiger partial charge in [-0.05, 0) is 12.8 Å². The molecule has 0 aliphatic rings. The Labute approximate surface area is 546 Å². The van der Waals surface area contributed by atoms with Crippen molar-refractivity contribution in [2.75, 3.05) is 40.9 Å². The Kier molecular flexibility index (Phi) is 69.4. The Morgan fingerprint density at radius 2 is 0.563 bits per heavy atom. The summed E-state index contributed by atoms with van der Waals surface area (Å²) in [6.45, 7) is 4.81. The molecule has 0 spiro atoms. The second-order valence-electron chi connectivity index (χ2n) is 29.1. The van der Waals surface area contributed by atoms with E-state index in [-0.39, 0.29) is 19.1 Å². The van der Waals surface area contributed by atoms with Crippen molar-refractivity contribution in [2.24, 2.45) is 0 Å². The molecule has 0 radical (unpaired) electrons. The van der Waals surface area contributed by atoms with E-state index in [9.17, 15) is 19.4 Å². The number of quaternary nitrogens is 1. The first-order chi connectivity index (χ1) is 42.5. The average molecular weight is 1250 g/mol. The summed E-state index contributed by atoms with van der Waals surface area (Å²) in [4.78, 5) is 25.7. The number of hydrogen-bond acceptors (Lipinski definition) is 6. The van der Waals surface area contributed by atoms with Crippen LogP contribution in [0.4, 0.5) is 0 Å². The molecule has 1 amide bonds. The van der Waals surface area contributed by atoms with Gasteiger partial charge in [-0.25, -0.2) is 0 Å². The fourth-order valence-corrected chi connectivity index (χ4v) is 13.7. The molecule has 0 rings (SSSR count). The SMILES string of the molecule is CCCCCCCCCCCCCCCCCCCCCCCCCCCCCCCCCCCC(=O)NC(COP(=O)([O-])OCC[N+](C)(C)C)C(O)CCCCCCCCCCCCCCCCCCCCCCCCCCCCCCCCCC. The van der Waals surface area contributed by atoms with Crippen LogP contribution < -0.4 is 10.2 Å². The zero-order valence-corrected chi connectivity index (χ0v) is 60.9. The highest BCUT2D eigenvalue weighted by Crippen LogP contribution is 2.38. The molecule has 0 aromatic carbocycles. The van der Waals surface area contributed by atoms with E-state index in [0.29, 0.717) is 23.9 Å². The van der Waals surface area contributed by atoms with Gasteiger partial charge in [0.1, 0.15) is 13.2 Å². The van der Waals surface area contributed by atoms with E-state index >= 15 is 0 Å². The zero-order valence-electron chi connectivity index (χ0n) is 60.0. The molecule has 0 bridgehead atoms. The van der Waals surface area contributed by atoms with Gasteiger partial charge in [-0.3, -0.25) is 9.36 Å². The summed E-state index contributed by atoms with van der Waals surface area (Å²) >= 11 is 0. The van der Waals surface area contributed by atoms with Crippen molar-refractivity contribution >= 4 is 13.7 Å². The largest absolute Gasteiger partial charge is 0.756 e. The number of phosphoric acid groups is 1. The van der Waals surface area contributed by atoms with Gasteiger partial charge in [0.05, 0.1) is 39.9 Å². The number of carbonyl (C=O) groups is 1. The third-order valence-electron chi connectivity index (χ3n) is 19.1. The number of hydrogen-bond donors (Lipinski definition) is 2. The molecule has 0 aliphatic carbocycles. The van der Waals surface area contributed by atoms with E-state index in [1.54, 1.807) is 0 Å². The minimum atomic E-state index is -4.58. The lowest BCUT2D eigenvalue weighted by molar-refractivity contribution is -0.870. The molecule has 0 aliphatic heterocycles. The normalized spacial score (nSPS) is 13.4. The Hall–Kier alpha value is -0.500. The monoisotopic (exact) mass is 1250 g/mol. The molecule has 0 aromatic heterocycles. The van der Waals surface area contributed by atoms with Crippen molar-refractivity contribution in [3.8, 4) is 0 Å². The van der Waals surface area contributed by atoms with Crippen molar-refractivity contribution in [2.45, 2.75) is 456 Å². The second-order valence-corrected chi connectivity index (χ2v) is 30.6. The van der Waals surface area contributed by atoms with Crippen molar-refractivity contribution < 1.29 is 32.9 Å². The maximum absolute atomic E-state index is 13.1. The summed E-state index contributed by atoms with van der Waals surface area (Å²) in [6.07, 6.45) is 89.4. The second kappa shape index (κ2) is 69.8. The van der Waals surface area contributed by atoms with Gasteiger partial charge in [0, 0.05) is 6.42 Å². The van der Waals surface area contributed by atoms with Gasteiger partial charge in [0.2, 0.25) is 5.91 Å². The summed E-state index contributed by atoms with van der Waals surface area (Å²) in [5.74, 6) is -0.152. The van der Waals surface area contributed by atoms with Crippen LogP contribution in [0.1, 0.15) is 444 Å². The van der Waals surface area contributed by atoms with Crippen LogP contribution in [0.3, 0.4) is 0 Å². The number of nitrogens with one attached hydrogen (secondary N) is 1. The molecule has 0 saturated carbocycles. The molecule has 87 heavy (non-hydrogen) atoms. The van der Waals surface area contributed by atoms with E-state index in [4.69, 9.17) is 9.05 Å². The van der Waals surface area contributed by atoms with Gasteiger partial charge in [-0.1, -0.05) is 425 Å². The highest BCUT2D eigenvalue weighted by atomic mass is 31.2. The van der Waals surface area contributed by atoms with Gasteiger partial charge in [0.25, 0.3) is 7.82 Å². The first-order valence-corrected chi connectivity index (χ1v) is 41.3. The molecule has 9 heteroatoms. The third kappa shape index (κ3) is 72.8. The summed E-state index contributed by atoms with van der Waals surface area (Å²) in [5.41, 5.74) is 0. The number of nitrogens with zero attached hydrogens (tertiary/aromatic N) is 1. The van der Waals surface area contributed by atoms with E-state index in [0.717, 1.165) is 38.5 Å². The number of carbonyl (C=O) groups excluding carboxylic acids is 1. The van der Waals surface area contributed by atoms with Crippen LogP contribution in [0.5, 0.6) is 0 Å². The lowest BCUT2D eigenvalue weighted by atomic mass is 10.0. The number of aliphatic hydroxyl groups excluding tert-OH is 1. The topological polar surface area (TPSA) is 108 Å². The van der Waals surface area contributed by atoms with Gasteiger partial charge in [-0.2, -0.15) is 0 Å². The molecule has 2 N–H and O–H groups in total. The van der Waals surface area contributed by atoms with Crippen molar-refractivity contribution in [3.05, 3.63) is 0 Å². The van der Waals surface area contributed by atoms with Crippen LogP contribution in [0.2, 0.25) is 0 Å². The van der Waals surface area contributed by atoms with Crippen LogP contribution >= 0.6 is 7.82 Å². The molecule has 0 heterocycles. The third-order valence-corrected chi connectivity index (χ3v) is 20.1. The lowest BCUT2D eigenvalue weighted by Gasteiger charge is -2.30. The predicted molar refractivity (Wildman–Crippen MR) is 381 cm³/mol. The standard InChI is InChI=1S/C78H159N2O6P/c1-6-8-10-12-14-16-18-20-22-24-26-28-30-32-34-36-38-40-42-44-46-48-50-52-54-56-58-60-62-64-66-68-70-72-78(82)79-76(75-86-87(83,84)85-74-73-80(3,4)5)77(81)71-69-67-65-63-61-59-57-55-53-51-49-47-45-43-41-39-37-35-33-31-29-27-25-23-21-19-17-15-13-11-9-7-2/h76-77,81H,6-75H2,1-5H3,(H-,79,82,83,84). The quantitative estimate of drug-likeness (QED) is 0.0357. The molecule has 3 unspecified atom stereocenters. The van der Waals surface area contributed by atoms with E-state index in [1.165, 1.54) is 379 Å². The van der Waals surface area contributed by atoms with Crippen LogP contribution in [0.15, 0.2) is 0 Å². The molecule has 522 valence electrons. The van der Waals surface area contributed by atoms with E-state index < -0.39 is 20.0 Å². The molecular weight excluding hydrogens is 1090 g/mol. The van der Waals surface area contributed by atoms with Crippen LogP contribution in [-0.4, -0.2) is 68.5 Å². The van der Waals surface area contributed by atoms with E-state index in [2.05, 4.69) is 19.2 Å². The summed E-state index contributed by atoms with van der Waals surface area (Å²) < 4.78 is 23.6. The Morgan fingerprint density at radius 3 is 0.782 bits per heavy atom. The summed E-state index contributed by atoms with van der Waals surface area (Å²) in [6, 6.07) is -0.798. The molecule has 0 aromatic rings. The van der Waals surface area contributed by atoms with Gasteiger partial charge >= 0.3 is 0 Å². The Balaban J connectivity index is 3.90. The molecule has 8 nitrogen and oxygen atoms in total. The number of likely N-dealkylation sites (N-methyl/N-ethyl adjacent to an activating group) is 1. The van der Waals surface area contributed by atoms with Crippen molar-refractivity contribution in [1.82, 2.24) is 5.32 Å². The minimum Gasteiger partial charge on any atom is -0.756 e. The minimum absolute atomic E-state index is 0.0171. The number of unbranched alkanes of at least 4 members (excludes halogenated alkanes) is 63.